The lowest BCUT2D eigenvalue weighted by Gasteiger charge is -2.11. The number of carbonyl (C=O) groups excluding carboxylic acids is 1. The first-order valence-corrected chi connectivity index (χ1v) is 8.99. The molecule has 1 aromatic carbocycles. The van der Waals surface area contributed by atoms with Gasteiger partial charge in [0, 0.05) is 19.0 Å². The molecule has 1 aromatic rings. The van der Waals surface area contributed by atoms with E-state index in [2.05, 4.69) is 10.0 Å². The van der Waals surface area contributed by atoms with E-state index < -0.39 is 15.8 Å². The average Bonchev–Trinajstić information content (AvgIpc) is 2.97. The van der Waals surface area contributed by atoms with Gasteiger partial charge in [0.1, 0.15) is 10.7 Å². The molecule has 0 radical (unpaired) electrons. The maximum Gasteiger partial charge on any atom is 0.242 e. The van der Waals surface area contributed by atoms with E-state index in [1.807, 2.05) is 0 Å². The third kappa shape index (κ3) is 4.41. The van der Waals surface area contributed by atoms with Crippen LogP contribution >= 0.6 is 11.6 Å². The summed E-state index contributed by atoms with van der Waals surface area (Å²) in [7, 11) is -3.82. The molecule has 1 aliphatic rings. The van der Waals surface area contributed by atoms with Crippen molar-refractivity contribution in [2.75, 3.05) is 13.1 Å². The number of sulfonamides is 1. The lowest BCUT2D eigenvalue weighted by Crippen LogP contribution is -2.37. The number of nitrogens with one attached hydrogen (secondary N) is 2. The molecule has 0 aromatic heterocycles. The molecule has 1 amide bonds. The minimum Gasteiger partial charge on any atom is -0.355 e. The third-order valence-electron chi connectivity index (χ3n) is 3.63. The molecule has 0 unspecified atom stereocenters. The third-order valence-corrected chi connectivity index (χ3v) is 5.57. The summed E-state index contributed by atoms with van der Waals surface area (Å²) in [5.41, 5.74) is 0. The molecule has 5 nitrogen and oxygen atoms in total. The van der Waals surface area contributed by atoms with Crippen LogP contribution in [-0.2, 0) is 14.8 Å². The van der Waals surface area contributed by atoms with Gasteiger partial charge in [-0.1, -0.05) is 24.4 Å². The lowest BCUT2D eigenvalue weighted by atomic mass is 10.1. The van der Waals surface area contributed by atoms with Crippen molar-refractivity contribution in [1.82, 2.24) is 10.0 Å². The van der Waals surface area contributed by atoms with E-state index in [1.54, 1.807) is 0 Å². The molecule has 2 N–H and O–H groups in total. The van der Waals surface area contributed by atoms with Crippen molar-refractivity contribution in [1.29, 1.82) is 0 Å². The fourth-order valence-corrected chi connectivity index (χ4v) is 4.04. The summed E-state index contributed by atoms with van der Waals surface area (Å²) in [6.07, 6.45) is 3.91. The van der Waals surface area contributed by atoms with Gasteiger partial charge in [-0.05, 0) is 31.0 Å². The molecule has 0 spiro atoms. The molecule has 1 fully saturated rings. The molecule has 0 atom stereocenters. The molecular formula is C14H18ClFN2O3S. The largest absolute Gasteiger partial charge is 0.355 e. The van der Waals surface area contributed by atoms with Gasteiger partial charge in [-0.2, -0.15) is 0 Å². The van der Waals surface area contributed by atoms with Crippen LogP contribution in [0.3, 0.4) is 0 Å². The Kier molecular flexibility index (Phi) is 5.77. The summed E-state index contributed by atoms with van der Waals surface area (Å²) in [4.78, 5) is 11.6. The van der Waals surface area contributed by atoms with Crippen LogP contribution in [-0.4, -0.2) is 27.4 Å². The van der Waals surface area contributed by atoms with Crippen LogP contribution in [0, 0.1) is 11.7 Å². The van der Waals surface area contributed by atoms with Crippen molar-refractivity contribution >= 4 is 27.5 Å². The predicted octanol–water partition coefficient (Wildman–Crippen LogP) is 2.06. The Balaban J connectivity index is 1.83. The first kappa shape index (κ1) is 17.2. The first-order valence-electron chi connectivity index (χ1n) is 7.12. The standard InChI is InChI=1S/C14H18ClFN2O3S/c15-12-9-11(16)5-6-13(12)22(20,21)18-8-7-17-14(19)10-3-1-2-4-10/h5-6,9-10,18H,1-4,7-8H2,(H,17,19). The molecule has 0 heterocycles. The summed E-state index contributed by atoms with van der Waals surface area (Å²) in [6.45, 7) is 0.252. The number of amides is 1. The Hall–Kier alpha value is -1.18. The van der Waals surface area contributed by atoms with Crippen molar-refractivity contribution in [3.8, 4) is 0 Å². The Labute approximate surface area is 134 Å². The van der Waals surface area contributed by atoms with Gasteiger partial charge in [-0.3, -0.25) is 4.79 Å². The highest BCUT2D eigenvalue weighted by Gasteiger charge is 2.22. The Bertz CT molecular complexity index is 645. The Morgan fingerprint density at radius 1 is 1.27 bits per heavy atom. The van der Waals surface area contributed by atoms with Gasteiger partial charge in [0.25, 0.3) is 0 Å². The van der Waals surface area contributed by atoms with Crippen LogP contribution < -0.4 is 10.0 Å². The zero-order chi connectivity index (χ0) is 16.2. The van der Waals surface area contributed by atoms with Crippen molar-refractivity contribution in [2.45, 2.75) is 30.6 Å². The molecule has 122 valence electrons. The number of halogens is 2. The summed E-state index contributed by atoms with van der Waals surface area (Å²) in [6, 6.07) is 3.08. The SMILES string of the molecule is O=C(NCCNS(=O)(=O)c1ccc(F)cc1Cl)C1CCCC1. The predicted molar refractivity (Wildman–Crippen MR) is 81.6 cm³/mol. The van der Waals surface area contributed by atoms with Crippen LogP contribution in [0.15, 0.2) is 23.1 Å². The molecule has 1 saturated carbocycles. The molecule has 0 saturated heterocycles. The van der Waals surface area contributed by atoms with E-state index in [0.717, 1.165) is 43.9 Å². The van der Waals surface area contributed by atoms with Gasteiger partial charge < -0.3 is 5.32 Å². The van der Waals surface area contributed by atoms with Crippen LogP contribution in [0.1, 0.15) is 25.7 Å². The van der Waals surface area contributed by atoms with Crippen molar-refractivity contribution in [3.63, 3.8) is 0 Å². The molecule has 8 heteroatoms. The zero-order valence-corrected chi connectivity index (χ0v) is 13.5. The normalized spacial score (nSPS) is 15.9. The second-order valence-electron chi connectivity index (χ2n) is 5.24. The number of hydrogen-bond donors (Lipinski definition) is 2. The molecule has 1 aliphatic carbocycles. The van der Waals surface area contributed by atoms with Gasteiger partial charge in [0.15, 0.2) is 0 Å². The summed E-state index contributed by atoms with van der Waals surface area (Å²) in [5.74, 6) is -0.590. The minimum atomic E-state index is -3.82. The average molecular weight is 349 g/mol. The fraction of sp³-hybridized carbons (Fsp3) is 0.500. The highest BCUT2D eigenvalue weighted by Crippen LogP contribution is 2.24. The summed E-state index contributed by atoms with van der Waals surface area (Å²) >= 11 is 5.73. The van der Waals surface area contributed by atoms with Crippen LogP contribution in [0.2, 0.25) is 5.02 Å². The number of carbonyl (C=O) groups is 1. The van der Waals surface area contributed by atoms with E-state index >= 15 is 0 Å². The second kappa shape index (κ2) is 7.39. The van der Waals surface area contributed by atoms with E-state index in [-0.39, 0.29) is 34.8 Å². The quantitative estimate of drug-likeness (QED) is 0.773. The van der Waals surface area contributed by atoms with E-state index in [4.69, 9.17) is 11.6 Å². The zero-order valence-electron chi connectivity index (χ0n) is 11.9. The molecule has 0 aliphatic heterocycles. The van der Waals surface area contributed by atoms with E-state index in [9.17, 15) is 17.6 Å². The topological polar surface area (TPSA) is 75.3 Å². The second-order valence-corrected chi connectivity index (χ2v) is 7.39. The monoisotopic (exact) mass is 348 g/mol. The van der Waals surface area contributed by atoms with Crippen LogP contribution in [0.25, 0.3) is 0 Å². The lowest BCUT2D eigenvalue weighted by molar-refractivity contribution is -0.124. The summed E-state index contributed by atoms with van der Waals surface area (Å²) in [5, 5.41) is 2.54. The van der Waals surface area contributed by atoms with Gasteiger partial charge in [-0.25, -0.2) is 17.5 Å². The smallest absolute Gasteiger partial charge is 0.242 e. The van der Waals surface area contributed by atoms with Gasteiger partial charge >= 0.3 is 0 Å². The van der Waals surface area contributed by atoms with Crippen molar-refractivity contribution < 1.29 is 17.6 Å². The fourth-order valence-electron chi connectivity index (χ4n) is 2.47. The highest BCUT2D eigenvalue weighted by molar-refractivity contribution is 7.89. The van der Waals surface area contributed by atoms with Gasteiger partial charge in [0.05, 0.1) is 5.02 Å². The molecule has 22 heavy (non-hydrogen) atoms. The van der Waals surface area contributed by atoms with E-state index in [1.165, 1.54) is 0 Å². The molecule has 2 rings (SSSR count). The van der Waals surface area contributed by atoms with Crippen molar-refractivity contribution in [2.24, 2.45) is 5.92 Å². The maximum atomic E-state index is 12.9. The first-order chi connectivity index (χ1) is 10.4. The number of rotatable bonds is 6. The number of benzene rings is 1. The summed E-state index contributed by atoms with van der Waals surface area (Å²) < 4.78 is 39.3. The maximum absolute atomic E-state index is 12.9. The Morgan fingerprint density at radius 2 is 1.95 bits per heavy atom. The van der Waals surface area contributed by atoms with Crippen LogP contribution in [0.5, 0.6) is 0 Å². The number of hydrogen-bond acceptors (Lipinski definition) is 3. The Morgan fingerprint density at radius 3 is 2.59 bits per heavy atom. The van der Waals surface area contributed by atoms with Gasteiger partial charge in [0.2, 0.25) is 15.9 Å². The van der Waals surface area contributed by atoms with E-state index in [0.29, 0.717) is 0 Å². The van der Waals surface area contributed by atoms with Crippen LogP contribution in [0.4, 0.5) is 4.39 Å². The van der Waals surface area contributed by atoms with Gasteiger partial charge in [-0.15, -0.1) is 0 Å². The van der Waals surface area contributed by atoms with Crippen molar-refractivity contribution in [3.05, 3.63) is 29.0 Å². The minimum absolute atomic E-state index is 0.0310. The highest BCUT2D eigenvalue weighted by atomic mass is 35.5. The molecular weight excluding hydrogens is 331 g/mol. The molecule has 0 bridgehead atoms.